The average molecular weight is 337 g/mol. The fourth-order valence-electron chi connectivity index (χ4n) is 2.69. The molecule has 0 aromatic heterocycles. The van der Waals surface area contributed by atoms with Crippen LogP contribution in [0.3, 0.4) is 0 Å². The summed E-state index contributed by atoms with van der Waals surface area (Å²) in [5, 5.41) is 9.49. The van der Waals surface area contributed by atoms with E-state index in [1.165, 1.54) is 0 Å². The normalized spacial score (nSPS) is 16.0. The number of unbranched alkanes of at least 4 members (excludes halogenated alkanes) is 4. The minimum atomic E-state index is -4.99. The van der Waals surface area contributed by atoms with E-state index in [9.17, 15) is 27.7 Å². The number of primary amides is 1. The largest absolute Gasteiger partial charge is 0.480 e. The van der Waals surface area contributed by atoms with E-state index in [0.717, 1.165) is 19.3 Å². The van der Waals surface area contributed by atoms with Crippen LogP contribution < -0.4 is 5.73 Å². The van der Waals surface area contributed by atoms with Crippen LogP contribution in [-0.2, 0) is 19.7 Å². The molecule has 0 spiro atoms. The number of hydrogen-bond acceptors (Lipinski definition) is 4. The third-order valence-electron chi connectivity index (χ3n) is 3.98. The molecule has 0 heterocycles. The molecule has 2 unspecified atom stereocenters. The minimum absolute atomic E-state index is 0.0292. The average Bonchev–Trinajstić information content (AvgIpc) is 2.38. The number of nitrogens with two attached hydrogens (primary N) is 1. The molecule has 7 nitrogen and oxygen atoms in total. The van der Waals surface area contributed by atoms with Crippen LogP contribution in [-0.4, -0.2) is 34.7 Å². The topological polar surface area (TPSA) is 135 Å². The molecule has 0 aromatic carbocycles. The van der Waals surface area contributed by atoms with E-state index in [0.29, 0.717) is 12.8 Å². The summed E-state index contributed by atoms with van der Waals surface area (Å²) < 4.78 is 30.7. The van der Waals surface area contributed by atoms with E-state index in [1.807, 2.05) is 13.8 Å². The third kappa shape index (κ3) is 4.95. The lowest BCUT2D eigenvalue weighted by Gasteiger charge is -2.32. The maximum Gasteiger partial charge on any atom is 0.328 e. The molecule has 2 atom stereocenters. The lowest BCUT2D eigenvalue weighted by atomic mass is 9.82. The van der Waals surface area contributed by atoms with Gasteiger partial charge in [0.05, 0.1) is 5.92 Å². The zero-order chi connectivity index (χ0) is 17.4. The van der Waals surface area contributed by atoms with Crippen molar-refractivity contribution in [2.75, 3.05) is 0 Å². The standard InChI is InChI=1S/C14H27NO6S/c1-3-5-7-9-11(12(15)16)14(13(17)18,22(19,20)21)10-8-6-4-2/h11H,3-10H2,1-2H3,(H2,15,16)(H,17,18)(H,19,20,21). The van der Waals surface area contributed by atoms with Gasteiger partial charge in [-0.1, -0.05) is 52.4 Å². The maximum atomic E-state index is 11.8. The molecule has 0 saturated heterocycles. The minimum Gasteiger partial charge on any atom is -0.480 e. The number of hydrogen-bond donors (Lipinski definition) is 3. The molecule has 0 aliphatic heterocycles. The Balaban J connectivity index is 5.74. The van der Waals surface area contributed by atoms with Crippen LogP contribution >= 0.6 is 0 Å². The molecule has 130 valence electrons. The van der Waals surface area contributed by atoms with Crippen LogP contribution in [0.4, 0.5) is 0 Å². The summed E-state index contributed by atoms with van der Waals surface area (Å²) in [6, 6.07) is 0. The third-order valence-corrected chi connectivity index (χ3v) is 5.56. The molecule has 22 heavy (non-hydrogen) atoms. The lowest BCUT2D eigenvalue weighted by Crippen LogP contribution is -2.56. The molecule has 0 aliphatic carbocycles. The molecule has 0 aliphatic rings. The fourth-order valence-corrected chi connectivity index (χ4v) is 3.91. The van der Waals surface area contributed by atoms with Gasteiger partial charge in [-0.25, -0.2) is 0 Å². The van der Waals surface area contributed by atoms with Crippen molar-refractivity contribution in [3.63, 3.8) is 0 Å². The molecule has 1 amide bonds. The highest BCUT2D eigenvalue weighted by atomic mass is 32.2. The Labute approximate surface area is 132 Å². The van der Waals surface area contributed by atoms with Crippen molar-refractivity contribution in [3.8, 4) is 0 Å². The Morgan fingerprint density at radius 1 is 1.09 bits per heavy atom. The molecule has 0 rings (SSSR count). The SMILES string of the molecule is CCCCCC(C(N)=O)C(CCCCC)(C(=O)O)S(=O)(=O)O. The Morgan fingerprint density at radius 2 is 1.59 bits per heavy atom. The summed E-state index contributed by atoms with van der Waals surface area (Å²) in [7, 11) is -4.99. The predicted octanol–water partition coefficient (Wildman–Crippen LogP) is 1.96. The van der Waals surface area contributed by atoms with Crippen LogP contribution in [0.5, 0.6) is 0 Å². The highest BCUT2D eigenvalue weighted by Gasteiger charge is 2.57. The van der Waals surface area contributed by atoms with Crippen molar-refractivity contribution < 1.29 is 27.7 Å². The van der Waals surface area contributed by atoms with Gasteiger partial charge >= 0.3 is 5.97 Å². The molecule has 0 aromatic rings. The highest BCUT2D eigenvalue weighted by Crippen LogP contribution is 2.36. The summed E-state index contributed by atoms with van der Waals surface area (Å²) in [5.74, 6) is -4.16. The van der Waals surface area contributed by atoms with Gasteiger partial charge in [-0.2, -0.15) is 8.42 Å². The monoisotopic (exact) mass is 337 g/mol. The van der Waals surface area contributed by atoms with Gasteiger partial charge in [0.15, 0.2) is 0 Å². The molecule has 8 heteroatoms. The second-order valence-corrected chi connectivity index (χ2v) is 7.26. The van der Waals surface area contributed by atoms with E-state index in [4.69, 9.17) is 5.73 Å². The summed E-state index contributed by atoms with van der Waals surface area (Å²) in [6.45, 7) is 3.80. The summed E-state index contributed by atoms with van der Waals surface area (Å²) in [4.78, 5) is 23.4. The van der Waals surface area contributed by atoms with Crippen molar-refractivity contribution in [3.05, 3.63) is 0 Å². The number of carboxylic acid groups (broad SMARTS) is 1. The molecule has 0 saturated carbocycles. The smallest absolute Gasteiger partial charge is 0.328 e. The van der Waals surface area contributed by atoms with Crippen molar-refractivity contribution in [2.45, 2.75) is 70.0 Å². The summed E-state index contributed by atoms with van der Waals surface area (Å²) >= 11 is 0. The van der Waals surface area contributed by atoms with Gasteiger partial charge in [0, 0.05) is 0 Å². The molecule has 0 bridgehead atoms. The van der Waals surface area contributed by atoms with Gasteiger partial charge in [0.25, 0.3) is 10.1 Å². The van der Waals surface area contributed by atoms with Crippen molar-refractivity contribution in [1.29, 1.82) is 0 Å². The lowest BCUT2D eigenvalue weighted by molar-refractivity contribution is -0.145. The first-order valence-electron chi connectivity index (χ1n) is 7.64. The molecular formula is C14H27NO6S. The number of carboxylic acids is 1. The van der Waals surface area contributed by atoms with Crippen molar-refractivity contribution in [1.82, 2.24) is 0 Å². The Bertz CT molecular complexity index is 476. The zero-order valence-electron chi connectivity index (χ0n) is 13.2. The molecule has 4 N–H and O–H groups in total. The van der Waals surface area contributed by atoms with Crippen molar-refractivity contribution >= 4 is 22.0 Å². The number of aliphatic carboxylic acids is 1. The fraction of sp³-hybridized carbons (Fsp3) is 0.857. The number of amides is 1. The van der Waals surface area contributed by atoms with E-state index >= 15 is 0 Å². The van der Waals surface area contributed by atoms with Gasteiger partial charge in [-0.05, 0) is 12.8 Å². The van der Waals surface area contributed by atoms with E-state index in [-0.39, 0.29) is 19.3 Å². The number of carbonyl (C=O) groups is 2. The number of rotatable bonds is 12. The Hall–Kier alpha value is -1.15. The first-order valence-corrected chi connectivity index (χ1v) is 9.08. The molecule has 0 fully saturated rings. The quantitative estimate of drug-likeness (QED) is 0.368. The van der Waals surface area contributed by atoms with Crippen LogP contribution in [0.25, 0.3) is 0 Å². The predicted molar refractivity (Wildman–Crippen MR) is 82.9 cm³/mol. The van der Waals surface area contributed by atoms with Crippen LogP contribution in [0.15, 0.2) is 0 Å². The second-order valence-electron chi connectivity index (χ2n) is 5.58. The second kappa shape index (κ2) is 9.09. The van der Waals surface area contributed by atoms with Gasteiger partial charge in [0.2, 0.25) is 10.7 Å². The van der Waals surface area contributed by atoms with Gasteiger partial charge in [-0.15, -0.1) is 0 Å². The Kier molecular flexibility index (Phi) is 8.62. The van der Waals surface area contributed by atoms with Gasteiger partial charge < -0.3 is 10.8 Å². The molecule has 0 radical (unpaired) electrons. The first-order chi connectivity index (χ1) is 10.1. The highest BCUT2D eigenvalue weighted by molar-refractivity contribution is 7.88. The number of carbonyl (C=O) groups excluding carboxylic acids is 1. The van der Waals surface area contributed by atoms with Crippen LogP contribution in [0, 0.1) is 5.92 Å². The zero-order valence-corrected chi connectivity index (χ0v) is 14.1. The van der Waals surface area contributed by atoms with E-state index in [2.05, 4.69) is 0 Å². The van der Waals surface area contributed by atoms with E-state index < -0.39 is 32.7 Å². The Morgan fingerprint density at radius 3 is 1.95 bits per heavy atom. The van der Waals surface area contributed by atoms with Gasteiger partial charge in [0.1, 0.15) is 0 Å². The maximum absolute atomic E-state index is 11.8. The van der Waals surface area contributed by atoms with E-state index in [1.54, 1.807) is 0 Å². The summed E-state index contributed by atoms with van der Waals surface area (Å²) in [6.07, 6.45) is 3.36. The summed E-state index contributed by atoms with van der Waals surface area (Å²) in [5.41, 5.74) is 5.27. The molecular weight excluding hydrogens is 310 g/mol. The van der Waals surface area contributed by atoms with Crippen molar-refractivity contribution in [2.24, 2.45) is 11.7 Å². The van der Waals surface area contributed by atoms with Gasteiger partial charge in [-0.3, -0.25) is 14.1 Å². The first kappa shape index (κ1) is 20.9. The van der Waals surface area contributed by atoms with Crippen LogP contribution in [0.1, 0.15) is 65.2 Å². The van der Waals surface area contributed by atoms with Crippen LogP contribution in [0.2, 0.25) is 0 Å².